The summed E-state index contributed by atoms with van der Waals surface area (Å²) in [5, 5.41) is 11.5. The van der Waals surface area contributed by atoms with Crippen LogP contribution in [0.5, 0.6) is 5.75 Å². The number of aliphatic hydroxyl groups is 1. The van der Waals surface area contributed by atoms with Gasteiger partial charge in [-0.1, -0.05) is 29.8 Å². The second-order valence-electron chi connectivity index (χ2n) is 8.04. The number of benzene rings is 1. The standard InChI is InChI=1S/C22H27ClN2O2/c1-14-7-8-21(15(2)24-14)27-22-10-18-13-25(12-17(18)9-20(22)26)11-16-5-3-4-6-19(16)23/h3-8,17-18,20,22,26H,9-13H2,1-2H3/t17-,18+,20+,22+/m0/s1. The van der Waals surface area contributed by atoms with Crippen molar-refractivity contribution in [2.45, 2.75) is 45.4 Å². The summed E-state index contributed by atoms with van der Waals surface area (Å²) in [6.07, 6.45) is 1.10. The largest absolute Gasteiger partial charge is 0.486 e. The van der Waals surface area contributed by atoms with Crippen LogP contribution in [0.1, 0.15) is 29.8 Å². The van der Waals surface area contributed by atoms with E-state index in [2.05, 4.69) is 16.0 Å². The summed E-state index contributed by atoms with van der Waals surface area (Å²) in [6.45, 7) is 6.86. The zero-order chi connectivity index (χ0) is 19.0. The van der Waals surface area contributed by atoms with Crippen LogP contribution in [0.25, 0.3) is 0 Å². The summed E-state index contributed by atoms with van der Waals surface area (Å²) in [7, 11) is 0. The van der Waals surface area contributed by atoms with E-state index in [0.717, 1.165) is 54.6 Å². The van der Waals surface area contributed by atoms with Crippen molar-refractivity contribution in [3.05, 3.63) is 58.4 Å². The number of likely N-dealkylation sites (tertiary alicyclic amines) is 1. The number of hydrogen-bond donors (Lipinski definition) is 1. The number of pyridine rings is 1. The van der Waals surface area contributed by atoms with E-state index in [4.69, 9.17) is 16.3 Å². The summed E-state index contributed by atoms with van der Waals surface area (Å²) in [5.74, 6) is 1.87. The maximum absolute atomic E-state index is 10.7. The summed E-state index contributed by atoms with van der Waals surface area (Å²) in [6, 6.07) is 12.0. The Labute approximate surface area is 166 Å². The monoisotopic (exact) mass is 386 g/mol. The first-order valence-electron chi connectivity index (χ1n) is 9.74. The lowest BCUT2D eigenvalue weighted by atomic mass is 9.78. The third-order valence-corrected chi connectivity index (χ3v) is 6.34. The Morgan fingerprint density at radius 1 is 1.11 bits per heavy atom. The number of halogens is 1. The quantitative estimate of drug-likeness (QED) is 0.862. The molecule has 2 fully saturated rings. The van der Waals surface area contributed by atoms with Crippen molar-refractivity contribution >= 4 is 11.6 Å². The van der Waals surface area contributed by atoms with Crippen molar-refractivity contribution in [2.24, 2.45) is 11.8 Å². The molecule has 0 amide bonds. The predicted molar refractivity (Wildman–Crippen MR) is 107 cm³/mol. The molecule has 1 saturated carbocycles. The molecule has 144 valence electrons. The molecule has 1 N–H and O–H groups in total. The van der Waals surface area contributed by atoms with Crippen LogP contribution in [0.15, 0.2) is 36.4 Å². The SMILES string of the molecule is Cc1ccc(O[C@@H]2C[C@@H]3CN(Cc4ccccc4Cl)C[C@@H]3C[C@H]2O)c(C)n1. The number of aryl methyl sites for hydroxylation is 2. The minimum absolute atomic E-state index is 0.158. The van der Waals surface area contributed by atoms with Crippen LogP contribution in [0, 0.1) is 25.7 Å². The van der Waals surface area contributed by atoms with Crippen molar-refractivity contribution in [3.63, 3.8) is 0 Å². The number of fused-ring (bicyclic) bond motifs is 1. The molecule has 2 aliphatic rings. The molecule has 0 radical (unpaired) electrons. The molecule has 4 nitrogen and oxygen atoms in total. The maximum Gasteiger partial charge on any atom is 0.141 e. The molecule has 1 saturated heterocycles. The van der Waals surface area contributed by atoms with Crippen LogP contribution in [0.4, 0.5) is 0 Å². The van der Waals surface area contributed by atoms with Gasteiger partial charge in [-0.3, -0.25) is 9.88 Å². The zero-order valence-electron chi connectivity index (χ0n) is 15.9. The van der Waals surface area contributed by atoms with Gasteiger partial charge < -0.3 is 9.84 Å². The molecule has 4 rings (SSSR count). The van der Waals surface area contributed by atoms with Crippen LogP contribution < -0.4 is 4.74 Å². The average molecular weight is 387 g/mol. The Balaban J connectivity index is 1.40. The second-order valence-corrected chi connectivity index (χ2v) is 8.44. The van der Waals surface area contributed by atoms with Crippen LogP contribution in [-0.4, -0.2) is 40.3 Å². The highest BCUT2D eigenvalue weighted by atomic mass is 35.5. The smallest absolute Gasteiger partial charge is 0.141 e. The Kier molecular flexibility index (Phi) is 5.40. The normalized spacial score (nSPS) is 28.1. The Hall–Kier alpha value is -1.62. The van der Waals surface area contributed by atoms with Gasteiger partial charge in [0.2, 0.25) is 0 Å². The molecule has 2 heterocycles. The van der Waals surface area contributed by atoms with E-state index in [9.17, 15) is 5.11 Å². The van der Waals surface area contributed by atoms with Gasteiger partial charge in [0.1, 0.15) is 11.9 Å². The summed E-state index contributed by atoms with van der Waals surface area (Å²) >= 11 is 6.33. The van der Waals surface area contributed by atoms with Crippen molar-refractivity contribution < 1.29 is 9.84 Å². The summed E-state index contributed by atoms with van der Waals surface area (Å²) in [4.78, 5) is 6.93. The second kappa shape index (κ2) is 7.78. The van der Waals surface area contributed by atoms with Gasteiger partial charge in [-0.2, -0.15) is 0 Å². The molecule has 2 aromatic rings. The van der Waals surface area contributed by atoms with E-state index in [1.54, 1.807) is 0 Å². The molecular weight excluding hydrogens is 360 g/mol. The highest BCUT2D eigenvalue weighted by Crippen LogP contribution is 2.39. The number of aromatic nitrogens is 1. The number of aliphatic hydroxyl groups excluding tert-OH is 1. The summed E-state index contributed by atoms with van der Waals surface area (Å²) in [5.41, 5.74) is 3.04. The lowest BCUT2D eigenvalue weighted by molar-refractivity contribution is -0.0236. The lowest BCUT2D eigenvalue weighted by Gasteiger charge is -2.35. The van der Waals surface area contributed by atoms with Gasteiger partial charge in [0.15, 0.2) is 0 Å². The van der Waals surface area contributed by atoms with Crippen LogP contribution >= 0.6 is 11.6 Å². The van der Waals surface area contributed by atoms with E-state index in [-0.39, 0.29) is 6.10 Å². The van der Waals surface area contributed by atoms with Crippen LogP contribution in [-0.2, 0) is 6.54 Å². The third-order valence-electron chi connectivity index (χ3n) is 5.97. The van der Waals surface area contributed by atoms with Crippen molar-refractivity contribution in [3.8, 4) is 5.75 Å². The Morgan fingerprint density at radius 3 is 2.59 bits per heavy atom. The van der Waals surface area contributed by atoms with E-state index in [1.165, 1.54) is 5.56 Å². The molecule has 1 aromatic carbocycles. The molecule has 1 aromatic heterocycles. The highest BCUT2D eigenvalue weighted by molar-refractivity contribution is 6.31. The average Bonchev–Trinajstić information content (AvgIpc) is 3.00. The van der Waals surface area contributed by atoms with Crippen LogP contribution in [0.3, 0.4) is 0 Å². The van der Waals surface area contributed by atoms with Gasteiger partial charge in [0.25, 0.3) is 0 Å². The van der Waals surface area contributed by atoms with Crippen molar-refractivity contribution in [2.75, 3.05) is 13.1 Å². The predicted octanol–water partition coefficient (Wildman–Crippen LogP) is 4.00. The van der Waals surface area contributed by atoms with Gasteiger partial charge >= 0.3 is 0 Å². The molecule has 0 unspecified atom stereocenters. The molecule has 4 atom stereocenters. The fraction of sp³-hybridized carbons (Fsp3) is 0.500. The first kappa shape index (κ1) is 18.7. The van der Waals surface area contributed by atoms with Crippen molar-refractivity contribution in [1.29, 1.82) is 0 Å². The first-order chi connectivity index (χ1) is 13.0. The Bertz CT molecular complexity index is 813. The Morgan fingerprint density at radius 2 is 1.85 bits per heavy atom. The van der Waals surface area contributed by atoms with Gasteiger partial charge in [0, 0.05) is 30.4 Å². The van der Waals surface area contributed by atoms with Gasteiger partial charge in [-0.05, 0) is 62.3 Å². The van der Waals surface area contributed by atoms with Crippen molar-refractivity contribution in [1.82, 2.24) is 9.88 Å². The molecule has 1 aliphatic carbocycles. The molecular formula is C22H27ClN2O2. The number of rotatable bonds is 4. The molecule has 27 heavy (non-hydrogen) atoms. The van der Waals surface area contributed by atoms with E-state index >= 15 is 0 Å². The first-order valence-corrected chi connectivity index (χ1v) is 10.1. The van der Waals surface area contributed by atoms with Gasteiger partial charge in [-0.15, -0.1) is 0 Å². The maximum atomic E-state index is 10.7. The molecule has 0 spiro atoms. The third kappa shape index (κ3) is 4.13. The highest BCUT2D eigenvalue weighted by Gasteiger charge is 2.42. The number of nitrogens with zero attached hydrogens (tertiary/aromatic N) is 2. The minimum atomic E-state index is -0.424. The number of hydrogen-bond acceptors (Lipinski definition) is 4. The number of ether oxygens (including phenoxy) is 1. The zero-order valence-corrected chi connectivity index (χ0v) is 16.7. The molecule has 5 heteroatoms. The fourth-order valence-electron chi connectivity index (χ4n) is 4.57. The van der Waals surface area contributed by atoms with Gasteiger partial charge in [0.05, 0.1) is 11.8 Å². The topological polar surface area (TPSA) is 45.6 Å². The lowest BCUT2D eigenvalue weighted by Crippen LogP contribution is -2.42. The molecule has 0 bridgehead atoms. The van der Waals surface area contributed by atoms with Crippen LogP contribution in [0.2, 0.25) is 5.02 Å². The van der Waals surface area contributed by atoms with E-state index in [1.807, 2.05) is 44.2 Å². The minimum Gasteiger partial charge on any atom is -0.486 e. The molecule has 1 aliphatic heterocycles. The van der Waals surface area contributed by atoms with E-state index < -0.39 is 6.10 Å². The van der Waals surface area contributed by atoms with Gasteiger partial charge in [-0.25, -0.2) is 0 Å². The fourth-order valence-corrected chi connectivity index (χ4v) is 4.77. The van der Waals surface area contributed by atoms with E-state index in [0.29, 0.717) is 11.8 Å². The summed E-state index contributed by atoms with van der Waals surface area (Å²) < 4.78 is 6.18.